The minimum Gasteiger partial charge on any atom is -0.316 e. The Morgan fingerprint density at radius 3 is 2.59 bits per heavy atom. The van der Waals surface area contributed by atoms with Crippen molar-refractivity contribution in [1.82, 2.24) is 5.32 Å². The van der Waals surface area contributed by atoms with Crippen molar-refractivity contribution in [3.63, 3.8) is 0 Å². The van der Waals surface area contributed by atoms with Crippen molar-refractivity contribution in [3.05, 3.63) is 20.3 Å². The van der Waals surface area contributed by atoms with Crippen LogP contribution in [0.2, 0.25) is 8.67 Å². The van der Waals surface area contributed by atoms with Crippen molar-refractivity contribution >= 4 is 34.5 Å². The molecule has 1 aromatic heterocycles. The highest BCUT2D eigenvalue weighted by atomic mass is 35.5. The normalized spacial score (nSPS) is 11.4. The van der Waals surface area contributed by atoms with Crippen LogP contribution in [0.1, 0.15) is 38.7 Å². The van der Waals surface area contributed by atoms with Crippen molar-refractivity contribution in [1.29, 1.82) is 0 Å². The monoisotopic (exact) mass is 293 g/mol. The predicted octanol–water partition coefficient (Wildman–Crippen LogP) is 5.01. The molecule has 0 aliphatic carbocycles. The van der Waals surface area contributed by atoms with Crippen LogP contribution >= 0.6 is 34.5 Å². The lowest BCUT2D eigenvalue weighted by atomic mass is 10.1. The minimum atomic E-state index is 0.738. The number of hydrogen-bond donors (Lipinski definition) is 1. The fraction of sp³-hybridized carbons (Fsp3) is 0.692. The third-order valence-corrected chi connectivity index (χ3v) is 4.15. The van der Waals surface area contributed by atoms with Gasteiger partial charge in [0, 0.05) is 0 Å². The lowest BCUT2D eigenvalue weighted by molar-refractivity contribution is 0.530. The number of hydrogen-bond acceptors (Lipinski definition) is 2. The van der Waals surface area contributed by atoms with E-state index in [1.54, 1.807) is 0 Å². The summed E-state index contributed by atoms with van der Waals surface area (Å²) >= 11 is 13.4. The van der Waals surface area contributed by atoms with Crippen LogP contribution in [0.15, 0.2) is 6.07 Å². The maximum atomic E-state index is 6.06. The zero-order chi connectivity index (χ0) is 12.7. The first kappa shape index (κ1) is 15.3. The van der Waals surface area contributed by atoms with Gasteiger partial charge in [0.1, 0.15) is 0 Å². The number of unbranched alkanes of at least 4 members (excludes halogenated alkanes) is 2. The summed E-state index contributed by atoms with van der Waals surface area (Å²) in [6.07, 6.45) is 4.72. The molecule has 17 heavy (non-hydrogen) atoms. The smallest absolute Gasteiger partial charge is 0.0976 e. The molecule has 4 heteroatoms. The molecular weight excluding hydrogens is 273 g/mol. The van der Waals surface area contributed by atoms with Gasteiger partial charge in [0.2, 0.25) is 0 Å². The molecule has 0 fully saturated rings. The third-order valence-electron chi connectivity index (χ3n) is 2.58. The van der Waals surface area contributed by atoms with E-state index >= 15 is 0 Å². The fourth-order valence-corrected chi connectivity index (χ4v) is 3.22. The van der Waals surface area contributed by atoms with Crippen LogP contribution in [0, 0.1) is 5.92 Å². The molecule has 1 heterocycles. The Kier molecular flexibility index (Phi) is 7.52. The Morgan fingerprint density at radius 2 is 2.00 bits per heavy atom. The quantitative estimate of drug-likeness (QED) is 0.664. The van der Waals surface area contributed by atoms with Crippen molar-refractivity contribution < 1.29 is 0 Å². The third kappa shape index (κ3) is 6.66. The van der Waals surface area contributed by atoms with Gasteiger partial charge in [-0.05, 0) is 49.9 Å². The van der Waals surface area contributed by atoms with E-state index in [1.807, 2.05) is 6.07 Å². The molecule has 1 rings (SSSR count). The Morgan fingerprint density at radius 1 is 1.24 bits per heavy atom. The molecule has 1 nitrogen and oxygen atoms in total. The molecule has 1 aromatic rings. The maximum Gasteiger partial charge on any atom is 0.0976 e. The Balaban J connectivity index is 2.03. The molecule has 0 radical (unpaired) electrons. The second-order valence-electron chi connectivity index (χ2n) is 4.76. The first-order valence-electron chi connectivity index (χ1n) is 6.24. The fourth-order valence-electron chi connectivity index (χ4n) is 1.68. The average molecular weight is 294 g/mol. The molecule has 0 atom stereocenters. The van der Waals surface area contributed by atoms with E-state index < -0.39 is 0 Å². The van der Waals surface area contributed by atoms with E-state index in [9.17, 15) is 0 Å². The van der Waals surface area contributed by atoms with E-state index in [0.29, 0.717) is 0 Å². The van der Waals surface area contributed by atoms with Crippen LogP contribution in [0.25, 0.3) is 0 Å². The van der Waals surface area contributed by atoms with Crippen LogP contribution in [0.4, 0.5) is 0 Å². The highest BCUT2D eigenvalue weighted by molar-refractivity contribution is 7.20. The van der Waals surface area contributed by atoms with Gasteiger partial charge in [0.15, 0.2) is 0 Å². The highest BCUT2D eigenvalue weighted by Crippen LogP contribution is 2.32. The zero-order valence-electron chi connectivity index (χ0n) is 10.6. The highest BCUT2D eigenvalue weighted by Gasteiger charge is 2.05. The van der Waals surface area contributed by atoms with Gasteiger partial charge in [0.05, 0.1) is 8.67 Å². The first-order chi connectivity index (χ1) is 8.09. The van der Waals surface area contributed by atoms with E-state index in [2.05, 4.69) is 19.2 Å². The number of thiophene rings is 1. The first-order valence-corrected chi connectivity index (χ1v) is 7.81. The standard InChI is InChI=1S/C13H21Cl2NS/c1-10(2)9-16-7-5-3-4-6-11-8-12(14)17-13(11)15/h8,10,16H,3-7,9H2,1-2H3. The van der Waals surface area contributed by atoms with Gasteiger partial charge in [-0.2, -0.15) is 0 Å². The van der Waals surface area contributed by atoms with Crippen molar-refractivity contribution in [2.75, 3.05) is 13.1 Å². The topological polar surface area (TPSA) is 12.0 Å². The molecule has 1 N–H and O–H groups in total. The van der Waals surface area contributed by atoms with Gasteiger partial charge in [-0.25, -0.2) is 0 Å². The second-order valence-corrected chi connectivity index (χ2v) is 7.04. The van der Waals surface area contributed by atoms with Crippen LogP contribution < -0.4 is 5.32 Å². The van der Waals surface area contributed by atoms with E-state index in [4.69, 9.17) is 23.2 Å². The zero-order valence-corrected chi connectivity index (χ0v) is 12.9. The van der Waals surface area contributed by atoms with Crippen LogP contribution in [0.3, 0.4) is 0 Å². The van der Waals surface area contributed by atoms with Crippen LogP contribution in [-0.4, -0.2) is 13.1 Å². The minimum absolute atomic E-state index is 0.738. The van der Waals surface area contributed by atoms with Crippen molar-refractivity contribution in [3.8, 4) is 0 Å². The maximum absolute atomic E-state index is 6.06. The predicted molar refractivity (Wildman–Crippen MR) is 79.6 cm³/mol. The molecule has 0 bridgehead atoms. The van der Waals surface area contributed by atoms with Gasteiger partial charge < -0.3 is 5.32 Å². The Hall–Kier alpha value is 0.240. The Bertz CT molecular complexity index is 323. The SMILES string of the molecule is CC(C)CNCCCCCc1cc(Cl)sc1Cl. The summed E-state index contributed by atoms with van der Waals surface area (Å²) in [6.45, 7) is 6.70. The number of aryl methyl sites for hydroxylation is 1. The molecule has 0 aliphatic heterocycles. The summed E-state index contributed by atoms with van der Waals surface area (Å²) in [6, 6.07) is 1.99. The molecule has 0 aromatic carbocycles. The van der Waals surface area contributed by atoms with E-state index in [-0.39, 0.29) is 0 Å². The molecule has 0 spiro atoms. The van der Waals surface area contributed by atoms with Crippen LogP contribution in [-0.2, 0) is 6.42 Å². The van der Waals surface area contributed by atoms with E-state index in [0.717, 1.165) is 34.1 Å². The van der Waals surface area contributed by atoms with Gasteiger partial charge >= 0.3 is 0 Å². The summed E-state index contributed by atoms with van der Waals surface area (Å²) in [4.78, 5) is 0. The van der Waals surface area contributed by atoms with Gasteiger partial charge in [-0.1, -0.05) is 43.5 Å². The van der Waals surface area contributed by atoms with Gasteiger partial charge in [-0.3, -0.25) is 0 Å². The lowest BCUT2D eigenvalue weighted by Crippen LogP contribution is -2.20. The van der Waals surface area contributed by atoms with Crippen molar-refractivity contribution in [2.24, 2.45) is 5.92 Å². The molecule has 0 unspecified atom stereocenters. The average Bonchev–Trinajstić information content (AvgIpc) is 2.55. The molecule has 0 saturated carbocycles. The molecule has 0 aliphatic rings. The summed E-state index contributed by atoms with van der Waals surface area (Å²) in [5.41, 5.74) is 1.21. The van der Waals surface area contributed by atoms with E-state index in [1.165, 1.54) is 36.2 Å². The van der Waals surface area contributed by atoms with Crippen LogP contribution in [0.5, 0.6) is 0 Å². The Labute approximate surface area is 119 Å². The number of nitrogens with one attached hydrogen (secondary N) is 1. The lowest BCUT2D eigenvalue weighted by Gasteiger charge is -2.06. The summed E-state index contributed by atoms with van der Waals surface area (Å²) in [5, 5.41) is 3.45. The molecule has 0 amide bonds. The molecular formula is C13H21Cl2NS. The second kappa shape index (κ2) is 8.36. The van der Waals surface area contributed by atoms with Gasteiger partial charge in [-0.15, -0.1) is 11.3 Å². The van der Waals surface area contributed by atoms with Gasteiger partial charge in [0.25, 0.3) is 0 Å². The number of rotatable bonds is 8. The summed E-state index contributed by atoms with van der Waals surface area (Å²) in [5.74, 6) is 0.738. The summed E-state index contributed by atoms with van der Waals surface area (Å²) < 4.78 is 1.65. The molecule has 0 saturated heterocycles. The summed E-state index contributed by atoms with van der Waals surface area (Å²) in [7, 11) is 0. The largest absolute Gasteiger partial charge is 0.316 e. The molecule has 98 valence electrons. The number of halogens is 2. The van der Waals surface area contributed by atoms with Crippen molar-refractivity contribution in [2.45, 2.75) is 39.5 Å².